The van der Waals surface area contributed by atoms with Crippen LogP contribution in [-0.2, 0) is 0 Å². The Labute approximate surface area is 166 Å². The van der Waals surface area contributed by atoms with Crippen molar-refractivity contribution >= 4 is 16.7 Å². The minimum Gasteiger partial charge on any atom is -0.315 e. The van der Waals surface area contributed by atoms with Gasteiger partial charge < -0.3 is 9.88 Å². The Morgan fingerprint density at radius 1 is 1.07 bits per heavy atom. The average Bonchev–Trinajstić information content (AvgIpc) is 3.46. The number of hydrogen-bond donors (Lipinski definition) is 1. The molecule has 1 N–H and O–H groups in total. The zero-order chi connectivity index (χ0) is 19.1. The summed E-state index contributed by atoms with van der Waals surface area (Å²) in [5.41, 5.74) is 4.35. The number of Topliss-reactive ketones (excluding diaryl/α,β-unsaturated/α-hetero) is 1. The second kappa shape index (κ2) is 7.19. The first kappa shape index (κ1) is 17.7. The van der Waals surface area contributed by atoms with Crippen LogP contribution in [-0.4, -0.2) is 47.0 Å². The molecular formula is C24H27N3O. The van der Waals surface area contributed by atoms with Crippen molar-refractivity contribution in [3.05, 3.63) is 65.9 Å². The number of ketones is 1. The number of carbonyl (C=O) groups is 1. The van der Waals surface area contributed by atoms with Gasteiger partial charge in [-0.3, -0.25) is 9.69 Å². The second-order valence-electron chi connectivity index (χ2n) is 8.13. The number of nitrogens with one attached hydrogen (secondary N) is 1. The molecule has 0 bridgehead atoms. The van der Waals surface area contributed by atoms with Crippen LogP contribution in [0, 0.1) is 6.92 Å². The molecule has 4 heteroatoms. The maximum atomic E-state index is 13.2. The van der Waals surface area contributed by atoms with Crippen molar-refractivity contribution in [1.82, 2.24) is 14.8 Å². The fourth-order valence-corrected chi connectivity index (χ4v) is 5.03. The summed E-state index contributed by atoms with van der Waals surface area (Å²) in [4.78, 5) is 15.7. The molecule has 0 spiro atoms. The SMILES string of the molecule is Cc1cc2ccccc2n1-c1ccc(C(=O)C2CCCN2C2CCNC2)cc1. The van der Waals surface area contributed by atoms with Crippen molar-refractivity contribution in [1.29, 1.82) is 0 Å². The first-order valence-corrected chi connectivity index (χ1v) is 10.4. The number of aryl methyl sites for hydroxylation is 1. The lowest BCUT2D eigenvalue weighted by molar-refractivity contribution is 0.0826. The number of likely N-dealkylation sites (tertiary alicyclic amines) is 1. The van der Waals surface area contributed by atoms with Gasteiger partial charge >= 0.3 is 0 Å². The van der Waals surface area contributed by atoms with Gasteiger partial charge in [0.2, 0.25) is 0 Å². The van der Waals surface area contributed by atoms with Crippen molar-refractivity contribution in [3.63, 3.8) is 0 Å². The molecule has 0 aliphatic carbocycles. The Morgan fingerprint density at radius 2 is 1.89 bits per heavy atom. The molecule has 2 aromatic carbocycles. The number of hydrogen-bond acceptors (Lipinski definition) is 3. The van der Waals surface area contributed by atoms with Crippen LogP contribution < -0.4 is 5.32 Å². The maximum absolute atomic E-state index is 13.2. The van der Waals surface area contributed by atoms with E-state index in [1.54, 1.807) is 0 Å². The van der Waals surface area contributed by atoms with Crippen LogP contribution in [0.4, 0.5) is 0 Å². The molecule has 2 aliphatic rings. The van der Waals surface area contributed by atoms with E-state index in [2.05, 4.69) is 64.2 Å². The number of carbonyl (C=O) groups excluding carboxylic acids is 1. The van der Waals surface area contributed by atoms with E-state index in [9.17, 15) is 4.79 Å². The molecule has 5 rings (SSSR count). The third kappa shape index (κ3) is 2.97. The normalized spacial score (nSPS) is 22.9. The first-order valence-electron chi connectivity index (χ1n) is 10.4. The Morgan fingerprint density at radius 3 is 2.68 bits per heavy atom. The fourth-order valence-electron chi connectivity index (χ4n) is 5.03. The van der Waals surface area contributed by atoms with Crippen LogP contribution in [0.2, 0.25) is 0 Å². The monoisotopic (exact) mass is 373 g/mol. The lowest BCUT2D eigenvalue weighted by atomic mass is 10.0. The summed E-state index contributed by atoms with van der Waals surface area (Å²) >= 11 is 0. The summed E-state index contributed by atoms with van der Waals surface area (Å²) < 4.78 is 2.26. The van der Waals surface area contributed by atoms with Crippen LogP contribution in [0.5, 0.6) is 0 Å². The minimum atomic E-state index is 0.0462. The van der Waals surface area contributed by atoms with Crippen LogP contribution in [0.3, 0.4) is 0 Å². The molecular weight excluding hydrogens is 346 g/mol. The van der Waals surface area contributed by atoms with E-state index in [4.69, 9.17) is 0 Å². The molecule has 0 saturated carbocycles. The van der Waals surface area contributed by atoms with Gasteiger partial charge in [-0.2, -0.15) is 0 Å². The van der Waals surface area contributed by atoms with Crippen molar-refractivity contribution in [2.75, 3.05) is 19.6 Å². The summed E-state index contributed by atoms with van der Waals surface area (Å²) in [5, 5.41) is 4.68. The van der Waals surface area contributed by atoms with Gasteiger partial charge in [0.15, 0.2) is 5.78 Å². The smallest absolute Gasteiger partial charge is 0.179 e. The molecule has 4 nitrogen and oxygen atoms in total. The van der Waals surface area contributed by atoms with Gasteiger partial charge in [0.25, 0.3) is 0 Å². The molecule has 144 valence electrons. The Hall–Kier alpha value is -2.43. The lowest BCUT2D eigenvalue weighted by Crippen LogP contribution is -2.44. The van der Waals surface area contributed by atoms with E-state index in [0.29, 0.717) is 6.04 Å². The van der Waals surface area contributed by atoms with Gasteiger partial charge in [-0.15, -0.1) is 0 Å². The molecule has 2 atom stereocenters. The maximum Gasteiger partial charge on any atom is 0.179 e. The molecule has 2 unspecified atom stereocenters. The Bertz CT molecular complexity index is 998. The second-order valence-corrected chi connectivity index (χ2v) is 8.13. The Kier molecular flexibility index (Phi) is 4.53. The van der Waals surface area contributed by atoms with Crippen LogP contribution in [0.15, 0.2) is 54.6 Å². The molecule has 2 aliphatic heterocycles. The van der Waals surface area contributed by atoms with Crippen LogP contribution in [0.1, 0.15) is 35.3 Å². The number of benzene rings is 2. The van der Waals surface area contributed by atoms with Crippen molar-refractivity contribution in [2.45, 2.75) is 38.3 Å². The van der Waals surface area contributed by atoms with E-state index in [1.165, 1.54) is 16.6 Å². The number of fused-ring (bicyclic) bond motifs is 1. The van der Waals surface area contributed by atoms with Crippen LogP contribution in [0.25, 0.3) is 16.6 Å². The molecule has 3 aromatic rings. The van der Waals surface area contributed by atoms with Crippen molar-refractivity contribution < 1.29 is 4.79 Å². The van der Waals surface area contributed by atoms with Crippen molar-refractivity contribution in [3.8, 4) is 5.69 Å². The van der Waals surface area contributed by atoms with Gasteiger partial charge in [-0.05, 0) is 75.7 Å². The Balaban J connectivity index is 1.41. The zero-order valence-corrected chi connectivity index (χ0v) is 16.4. The minimum absolute atomic E-state index is 0.0462. The summed E-state index contributed by atoms with van der Waals surface area (Å²) in [6.07, 6.45) is 3.26. The summed E-state index contributed by atoms with van der Waals surface area (Å²) in [5.74, 6) is 0.282. The number of para-hydroxylation sites is 1. The topological polar surface area (TPSA) is 37.3 Å². The van der Waals surface area contributed by atoms with E-state index in [-0.39, 0.29) is 11.8 Å². The molecule has 0 amide bonds. The molecule has 1 aromatic heterocycles. The van der Waals surface area contributed by atoms with E-state index >= 15 is 0 Å². The number of aromatic nitrogens is 1. The van der Waals surface area contributed by atoms with Gasteiger partial charge in [0, 0.05) is 34.9 Å². The highest BCUT2D eigenvalue weighted by atomic mass is 16.1. The fraction of sp³-hybridized carbons (Fsp3) is 0.375. The first-order chi connectivity index (χ1) is 13.7. The van der Waals surface area contributed by atoms with Gasteiger partial charge in [0.05, 0.1) is 11.6 Å². The summed E-state index contributed by atoms with van der Waals surface area (Å²) in [7, 11) is 0. The van der Waals surface area contributed by atoms with Gasteiger partial charge in [0.1, 0.15) is 0 Å². The average molecular weight is 374 g/mol. The molecule has 3 heterocycles. The molecule has 28 heavy (non-hydrogen) atoms. The third-order valence-electron chi connectivity index (χ3n) is 6.40. The summed E-state index contributed by atoms with van der Waals surface area (Å²) in [6.45, 7) is 5.27. The number of nitrogens with zero attached hydrogens (tertiary/aromatic N) is 2. The van der Waals surface area contributed by atoms with E-state index in [0.717, 1.165) is 50.1 Å². The molecule has 0 radical (unpaired) electrons. The number of rotatable bonds is 4. The quantitative estimate of drug-likeness (QED) is 0.704. The van der Waals surface area contributed by atoms with E-state index in [1.807, 2.05) is 12.1 Å². The highest BCUT2D eigenvalue weighted by molar-refractivity contribution is 6.00. The highest BCUT2D eigenvalue weighted by Gasteiger charge is 2.36. The molecule has 2 fully saturated rings. The van der Waals surface area contributed by atoms with Crippen molar-refractivity contribution in [2.24, 2.45) is 0 Å². The van der Waals surface area contributed by atoms with E-state index < -0.39 is 0 Å². The largest absolute Gasteiger partial charge is 0.315 e. The predicted octanol–water partition coefficient (Wildman–Crippen LogP) is 3.95. The van der Waals surface area contributed by atoms with Gasteiger partial charge in [-0.1, -0.05) is 18.2 Å². The highest BCUT2D eigenvalue weighted by Crippen LogP contribution is 2.27. The van der Waals surface area contributed by atoms with Gasteiger partial charge in [-0.25, -0.2) is 0 Å². The standard InChI is InChI=1S/C24H27N3O/c1-17-15-19-5-2-3-6-22(19)27(17)20-10-8-18(9-11-20)24(28)23-7-4-14-26(23)21-12-13-25-16-21/h2-3,5-6,8-11,15,21,23,25H,4,7,12-14,16H2,1H3. The lowest BCUT2D eigenvalue weighted by Gasteiger charge is -2.29. The summed E-state index contributed by atoms with van der Waals surface area (Å²) in [6, 6.07) is 19.4. The predicted molar refractivity (Wildman–Crippen MR) is 113 cm³/mol. The third-order valence-corrected chi connectivity index (χ3v) is 6.40. The molecule has 2 saturated heterocycles. The van der Waals surface area contributed by atoms with Crippen LogP contribution >= 0.6 is 0 Å². The zero-order valence-electron chi connectivity index (χ0n) is 16.4.